The topological polar surface area (TPSA) is 62.2 Å². The number of thioether (sulfide) groups is 1. The Kier molecular flexibility index (Phi) is 3.63. The molecule has 1 heterocycles. The molecule has 2 aliphatic carbocycles. The molecule has 0 aliphatic heterocycles. The van der Waals surface area contributed by atoms with Gasteiger partial charge in [-0.1, -0.05) is 6.42 Å². The molecule has 0 saturated heterocycles. The van der Waals surface area contributed by atoms with Gasteiger partial charge in [0.25, 0.3) is 0 Å². The molecule has 1 aromatic heterocycles. The van der Waals surface area contributed by atoms with Crippen LogP contribution in [0.15, 0.2) is 6.07 Å². The minimum absolute atomic E-state index is 0.274. The molecule has 1 saturated carbocycles. The summed E-state index contributed by atoms with van der Waals surface area (Å²) in [7, 11) is 0. The van der Waals surface area contributed by atoms with Crippen molar-refractivity contribution in [3.05, 3.63) is 22.9 Å². The van der Waals surface area contributed by atoms with Crippen molar-refractivity contribution < 1.29 is 9.90 Å². The lowest BCUT2D eigenvalue weighted by Crippen LogP contribution is -2.40. The smallest absolute Gasteiger partial charge is 0.339 e. The quantitative estimate of drug-likeness (QED) is 0.873. The lowest BCUT2D eigenvalue weighted by atomic mass is 9.84. The summed E-state index contributed by atoms with van der Waals surface area (Å²) >= 11 is 1.88. The van der Waals surface area contributed by atoms with Gasteiger partial charge in [-0.25, -0.2) is 9.78 Å². The number of anilines is 1. The van der Waals surface area contributed by atoms with Crippen molar-refractivity contribution in [3.8, 4) is 0 Å². The Morgan fingerprint density at radius 2 is 2.25 bits per heavy atom. The standard InChI is InChI=1S/C15H20N2O2S/c1-20-15(6-3-7-15)9-16-13-11(14(18)19)8-10-4-2-5-12(10)17-13/h8H,2-7,9H2,1H3,(H,16,17)(H,18,19). The first-order valence-corrected chi connectivity index (χ1v) is 8.41. The summed E-state index contributed by atoms with van der Waals surface area (Å²) in [5, 5.41) is 12.7. The van der Waals surface area contributed by atoms with Crippen LogP contribution in [0.2, 0.25) is 0 Å². The molecule has 0 aromatic carbocycles. The number of nitrogens with zero attached hydrogens (tertiary/aromatic N) is 1. The van der Waals surface area contributed by atoms with E-state index in [0.29, 0.717) is 11.4 Å². The lowest BCUT2D eigenvalue weighted by Gasteiger charge is -2.40. The number of nitrogens with one attached hydrogen (secondary N) is 1. The summed E-state index contributed by atoms with van der Waals surface area (Å²) in [5.41, 5.74) is 2.50. The molecule has 0 unspecified atom stereocenters. The van der Waals surface area contributed by atoms with Gasteiger partial charge in [0.15, 0.2) is 0 Å². The number of fused-ring (bicyclic) bond motifs is 1. The second kappa shape index (κ2) is 5.28. The zero-order chi connectivity index (χ0) is 14.2. The van der Waals surface area contributed by atoms with Crippen LogP contribution in [-0.2, 0) is 12.8 Å². The van der Waals surface area contributed by atoms with E-state index in [-0.39, 0.29) is 4.75 Å². The Bertz CT molecular complexity index is 535. The van der Waals surface area contributed by atoms with Crippen LogP contribution in [0, 0.1) is 0 Å². The molecule has 0 atom stereocenters. The van der Waals surface area contributed by atoms with Crippen molar-refractivity contribution in [2.45, 2.75) is 43.3 Å². The minimum Gasteiger partial charge on any atom is -0.478 e. The van der Waals surface area contributed by atoms with Gasteiger partial charge in [0, 0.05) is 17.0 Å². The van der Waals surface area contributed by atoms with Gasteiger partial charge in [-0.05, 0) is 50.0 Å². The largest absolute Gasteiger partial charge is 0.478 e. The van der Waals surface area contributed by atoms with E-state index in [0.717, 1.165) is 37.1 Å². The first-order valence-electron chi connectivity index (χ1n) is 7.19. The van der Waals surface area contributed by atoms with Gasteiger partial charge in [0.05, 0.1) is 0 Å². The molecule has 3 rings (SSSR count). The molecule has 1 fully saturated rings. The maximum atomic E-state index is 11.4. The number of aromatic carboxylic acids is 1. The molecule has 0 amide bonds. The highest BCUT2D eigenvalue weighted by Gasteiger charge is 2.36. The molecule has 1 aromatic rings. The molecule has 0 spiro atoms. The van der Waals surface area contributed by atoms with Gasteiger partial charge >= 0.3 is 5.97 Å². The molecule has 0 radical (unpaired) electrons. The van der Waals surface area contributed by atoms with Crippen LogP contribution in [0.3, 0.4) is 0 Å². The number of hydrogen-bond acceptors (Lipinski definition) is 4. The molecule has 2 N–H and O–H groups in total. The van der Waals surface area contributed by atoms with Crippen LogP contribution < -0.4 is 5.32 Å². The van der Waals surface area contributed by atoms with Crippen molar-refractivity contribution in [1.82, 2.24) is 4.98 Å². The Hall–Kier alpha value is -1.23. The van der Waals surface area contributed by atoms with Crippen LogP contribution in [0.1, 0.15) is 47.3 Å². The van der Waals surface area contributed by atoms with Gasteiger partial charge in [0.2, 0.25) is 0 Å². The number of carboxylic acid groups (broad SMARTS) is 1. The summed E-state index contributed by atoms with van der Waals surface area (Å²) in [5.74, 6) is -0.333. The molecule has 108 valence electrons. The highest BCUT2D eigenvalue weighted by atomic mass is 32.2. The number of aryl methyl sites for hydroxylation is 2. The molecule has 0 bridgehead atoms. The summed E-state index contributed by atoms with van der Waals surface area (Å²) in [6, 6.07) is 1.81. The Balaban J connectivity index is 1.82. The fourth-order valence-corrected chi connectivity index (χ4v) is 3.95. The molecule has 20 heavy (non-hydrogen) atoms. The van der Waals surface area contributed by atoms with E-state index in [1.54, 1.807) is 0 Å². The van der Waals surface area contributed by atoms with Crippen LogP contribution in [0.4, 0.5) is 5.82 Å². The van der Waals surface area contributed by atoms with E-state index in [1.165, 1.54) is 19.3 Å². The van der Waals surface area contributed by atoms with Crippen LogP contribution in [-0.4, -0.2) is 33.6 Å². The number of pyridine rings is 1. The molecular formula is C15H20N2O2S. The number of rotatable bonds is 5. The Morgan fingerprint density at radius 1 is 1.45 bits per heavy atom. The molecule has 5 heteroatoms. The summed E-state index contributed by atoms with van der Waals surface area (Å²) in [4.78, 5) is 16.0. The van der Waals surface area contributed by atoms with Crippen LogP contribution in [0.5, 0.6) is 0 Å². The second-order valence-corrected chi connectivity index (χ2v) is 7.02. The van der Waals surface area contributed by atoms with E-state index in [9.17, 15) is 9.90 Å². The van der Waals surface area contributed by atoms with Gasteiger partial charge in [0.1, 0.15) is 11.4 Å². The van der Waals surface area contributed by atoms with Crippen molar-refractivity contribution in [1.29, 1.82) is 0 Å². The van der Waals surface area contributed by atoms with E-state index >= 15 is 0 Å². The number of carbonyl (C=O) groups is 1. The highest BCUT2D eigenvalue weighted by molar-refractivity contribution is 8.00. The predicted octanol–water partition coefficient (Wildman–Crippen LogP) is 2.97. The first kappa shape index (κ1) is 13.7. The number of aromatic nitrogens is 1. The fourth-order valence-electron chi connectivity index (χ4n) is 3.04. The van der Waals surface area contributed by atoms with Crippen LogP contribution in [0.25, 0.3) is 0 Å². The normalized spacial score (nSPS) is 19.2. The van der Waals surface area contributed by atoms with Crippen molar-refractivity contribution in [2.75, 3.05) is 18.1 Å². The Labute approximate surface area is 123 Å². The molecular weight excluding hydrogens is 272 g/mol. The van der Waals surface area contributed by atoms with E-state index in [1.807, 2.05) is 17.8 Å². The average molecular weight is 292 g/mol. The third-order valence-electron chi connectivity index (χ3n) is 4.56. The maximum absolute atomic E-state index is 11.4. The third-order valence-corrected chi connectivity index (χ3v) is 5.98. The van der Waals surface area contributed by atoms with Gasteiger partial charge in [-0.15, -0.1) is 0 Å². The third kappa shape index (κ3) is 2.39. The zero-order valence-corrected chi connectivity index (χ0v) is 12.6. The maximum Gasteiger partial charge on any atom is 0.339 e. The summed E-state index contributed by atoms with van der Waals surface area (Å²) in [6.07, 6.45) is 8.82. The van der Waals surface area contributed by atoms with E-state index in [2.05, 4.69) is 16.6 Å². The number of hydrogen-bond donors (Lipinski definition) is 2. The summed E-state index contributed by atoms with van der Waals surface area (Å²) in [6.45, 7) is 0.806. The summed E-state index contributed by atoms with van der Waals surface area (Å²) < 4.78 is 0.274. The monoisotopic (exact) mass is 292 g/mol. The van der Waals surface area contributed by atoms with Gasteiger partial charge in [-0.2, -0.15) is 11.8 Å². The fraction of sp³-hybridized carbons (Fsp3) is 0.600. The van der Waals surface area contributed by atoms with E-state index in [4.69, 9.17) is 0 Å². The van der Waals surface area contributed by atoms with Crippen molar-refractivity contribution in [2.24, 2.45) is 0 Å². The molecule has 4 nitrogen and oxygen atoms in total. The van der Waals surface area contributed by atoms with Crippen molar-refractivity contribution in [3.63, 3.8) is 0 Å². The first-order chi connectivity index (χ1) is 9.63. The highest BCUT2D eigenvalue weighted by Crippen LogP contribution is 2.42. The van der Waals surface area contributed by atoms with Gasteiger partial charge < -0.3 is 10.4 Å². The second-order valence-electron chi connectivity index (χ2n) is 5.74. The SMILES string of the molecule is CSC1(CNc2nc3c(cc2C(=O)O)CCC3)CCC1. The van der Waals surface area contributed by atoms with Gasteiger partial charge in [-0.3, -0.25) is 0 Å². The average Bonchev–Trinajstić information content (AvgIpc) is 2.84. The van der Waals surface area contributed by atoms with E-state index < -0.39 is 5.97 Å². The minimum atomic E-state index is -0.887. The lowest BCUT2D eigenvalue weighted by molar-refractivity contribution is 0.0697. The Morgan fingerprint density at radius 3 is 2.85 bits per heavy atom. The van der Waals surface area contributed by atoms with Crippen LogP contribution >= 0.6 is 11.8 Å². The molecule has 2 aliphatic rings. The number of carboxylic acids is 1. The zero-order valence-electron chi connectivity index (χ0n) is 11.7. The van der Waals surface area contributed by atoms with Crippen molar-refractivity contribution >= 4 is 23.5 Å². The predicted molar refractivity (Wildman–Crippen MR) is 81.8 cm³/mol.